The summed E-state index contributed by atoms with van der Waals surface area (Å²) in [4.78, 5) is 29.2. The molecule has 0 spiro atoms. The summed E-state index contributed by atoms with van der Waals surface area (Å²) in [6.07, 6.45) is 4.83. The van der Waals surface area contributed by atoms with Crippen molar-refractivity contribution in [2.75, 3.05) is 18.4 Å². The van der Waals surface area contributed by atoms with E-state index in [4.69, 9.17) is 4.74 Å². The van der Waals surface area contributed by atoms with Crippen LogP contribution in [0.2, 0.25) is 0 Å². The van der Waals surface area contributed by atoms with E-state index in [1.807, 2.05) is 24.4 Å². The highest BCUT2D eigenvalue weighted by Crippen LogP contribution is 2.19. The number of benzene rings is 1. The number of hydrogen-bond acceptors (Lipinski definition) is 5. The Labute approximate surface area is 142 Å². The zero-order valence-electron chi connectivity index (χ0n) is 13.0. The Morgan fingerprint density at radius 3 is 2.88 bits per heavy atom. The molecule has 2 N–H and O–H groups in total. The highest BCUT2D eigenvalue weighted by atomic mass is 16.5. The van der Waals surface area contributed by atoms with E-state index >= 15 is 0 Å². The van der Waals surface area contributed by atoms with Crippen LogP contribution in [0, 0.1) is 0 Å². The summed E-state index contributed by atoms with van der Waals surface area (Å²) in [6, 6.07) is 8.73. The molecule has 0 fully saturated rings. The van der Waals surface area contributed by atoms with Gasteiger partial charge in [0.15, 0.2) is 0 Å². The Morgan fingerprint density at radius 1 is 1.28 bits per heavy atom. The van der Waals surface area contributed by atoms with Crippen LogP contribution in [0.3, 0.4) is 0 Å². The number of fused-ring (bicyclic) bond motifs is 1. The molecule has 4 rings (SSSR count). The van der Waals surface area contributed by atoms with Gasteiger partial charge < -0.3 is 15.4 Å². The van der Waals surface area contributed by atoms with Gasteiger partial charge in [0.2, 0.25) is 0 Å². The fraction of sp³-hybridized carbons (Fsp3) is 0.125. The third-order valence-electron chi connectivity index (χ3n) is 3.73. The molecule has 2 aliphatic heterocycles. The van der Waals surface area contributed by atoms with E-state index in [0.29, 0.717) is 24.5 Å². The fourth-order valence-electron chi connectivity index (χ4n) is 2.53. The van der Waals surface area contributed by atoms with Gasteiger partial charge in [0, 0.05) is 31.2 Å². The van der Waals surface area contributed by atoms with Gasteiger partial charge in [-0.15, -0.1) is 4.99 Å². The minimum Gasteiger partial charge on any atom is -0.431 e. The number of aliphatic imine (C=N–C) groups is 1. The maximum absolute atomic E-state index is 12.5. The first kappa shape index (κ1) is 14.9. The maximum Gasteiger partial charge on any atom is 0.345 e. The first-order valence-electron chi connectivity index (χ1n) is 7.63. The maximum atomic E-state index is 12.5. The molecule has 126 valence electrons. The lowest BCUT2D eigenvalue weighted by atomic mass is 10.2. The molecule has 2 aliphatic rings. The van der Waals surface area contributed by atoms with Gasteiger partial charge in [-0.05, 0) is 30.3 Å². The Kier molecular flexibility index (Phi) is 3.65. The highest BCUT2D eigenvalue weighted by molar-refractivity contribution is 6.08. The molecule has 0 unspecified atom stereocenters. The molecule has 3 amide bonds. The Balaban J connectivity index is 1.47. The van der Waals surface area contributed by atoms with E-state index in [0.717, 1.165) is 5.69 Å². The summed E-state index contributed by atoms with van der Waals surface area (Å²) in [5.74, 6) is -0.341. The molecule has 9 nitrogen and oxygen atoms in total. The number of amides is 3. The molecule has 0 atom stereocenters. The molecule has 2 aromatic rings. The van der Waals surface area contributed by atoms with Crippen molar-refractivity contribution in [2.45, 2.75) is 0 Å². The van der Waals surface area contributed by atoms with Crippen molar-refractivity contribution >= 4 is 23.6 Å². The number of carbonyl (C=O) groups excluding carboxylic acids is 2. The van der Waals surface area contributed by atoms with Crippen LogP contribution in [0.25, 0.3) is 5.69 Å². The largest absolute Gasteiger partial charge is 0.431 e. The molecule has 1 aromatic heterocycles. The molecule has 1 aromatic carbocycles. The average Bonchev–Trinajstić information content (AvgIpc) is 3.23. The summed E-state index contributed by atoms with van der Waals surface area (Å²) in [5, 5.41) is 9.54. The summed E-state index contributed by atoms with van der Waals surface area (Å²) in [6.45, 7) is 0.778. The number of nitrogens with zero attached hydrogens (tertiary/aromatic N) is 4. The lowest BCUT2D eigenvalue weighted by Gasteiger charge is -2.17. The number of rotatable bonds is 3. The molecule has 25 heavy (non-hydrogen) atoms. The third-order valence-corrected chi connectivity index (χ3v) is 3.73. The second-order valence-electron chi connectivity index (χ2n) is 5.35. The second-order valence-corrected chi connectivity index (χ2v) is 5.35. The van der Waals surface area contributed by atoms with E-state index in [1.54, 1.807) is 27.9 Å². The van der Waals surface area contributed by atoms with E-state index in [-0.39, 0.29) is 11.9 Å². The van der Waals surface area contributed by atoms with Crippen LogP contribution >= 0.6 is 0 Å². The van der Waals surface area contributed by atoms with Gasteiger partial charge in [-0.25, -0.2) is 9.48 Å². The van der Waals surface area contributed by atoms with Gasteiger partial charge in [0.05, 0.1) is 5.69 Å². The zero-order chi connectivity index (χ0) is 17.2. The van der Waals surface area contributed by atoms with Crippen LogP contribution in [0.4, 0.5) is 10.5 Å². The number of hydrogen-bond donors (Lipinski definition) is 2. The third kappa shape index (κ3) is 2.94. The highest BCUT2D eigenvalue weighted by Gasteiger charge is 2.31. The molecule has 0 aliphatic carbocycles. The standard InChI is InChI=1S/C16H14N6O3/c23-14(13-10-25-16-20-15(24)17-7-9-21(13)16)19-11-2-4-12(5-3-11)22-8-1-6-18-22/h1-6,8,10H,7,9H2,(H,17,24)(H,19,23). The molecule has 0 saturated carbocycles. The van der Waals surface area contributed by atoms with Crippen LogP contribution in [0.1, 0.15) is 0 Å². The van der Waals surface area contributed by atoms with Crippen LogP contribution in [0.5, 0.6) is 0 Å². The minimum atomic E-state index is -0.484. The van der Waals surface area contributed by atoms with Crippen LogP contribution < -0.4 is 10.6 Å². The average molecular weight is 338 g/mol. The monoisotopic (exact) mass is 338 g/mol. The molecule has 0 bridgehead atoms. The summed E-state index contributed by atoms with van der Waals surface area (Å²) in [5.41, 5.74) is 1.82. The predicted octanol–water partition coefficient (Wildman–Crippen LogP) is 1.06. The van der Waals surface area contributed by atoms with Crippen LogP contribution in [-0.4, -0.2) is 45.7 Å². The number of carbonyl (C=O) groups is 2. The van der Waals surface area contributed by atoms with Gasteiger partial charge in [0.1, 0.15) is 12.0 Å². The molecule has 0 saturated heterocycles. The number of anilines is 1. The summed E-state index contributed by atoms with van der Waals surface area (Å²) in [7, 11) is 0. The van der Waals surface area contributed by atoms with Crippen molar-refractivity contribution in [1.82, 2.24) is 20.0 Å². The van der Waals surface area contributed by atoms with Crippen LogP contribution in [-0.2, 0) is 9.53 Å². The van der Waals surface area contributed by atoms with Crippen molar-refractivity contribution in [3.05, 3.63) is 54.7 Å². The Hall–Kier alpha value is -3.62. The number of urea groups is 1. The molecular formula is C16H14N6O3. The van der Waals surface area contributed by atoms with Gasteiger partial charge in [0.25, 0.3) is 5.91 Å². The number of amidine groups is 1. The van der Waals surface area contributed by atoms with Crippen molar-refractivity contribution < 1.29 is 14.3 Å². The number of ether oxygens (including phenoxy) is 1. The topological polar surface area (TPSA) is 101 Å². The van der Waals surface area contributed by atoms with E-state index in [1.165, 1.54) is 6.26 Å². The summed E-state index contributed by atoms with van der Waals surface area (Å²) >= 11 is 0. The van der Waals surface area contributed by atoms with Gasteiger partial charge in [-0.1, -0.05) is 0 Å². The summed E-state index contributed by atoms with van der Waals surface area (Å²) < 4.78 is 6.95. The lowest BCUT2D eigenvalue weighted by Crippen LogP contribution is -2.34. The van der Waals surface area contributed by atoms with Crippen molar-refractivity contribution in [3.8, 4) is 5.69 Å². The predicted molar refractivity (Wildman–Crippen MR) is 88.9 cm³/mol. The number of nitrogens with one attached hydrogen (secondary N) is 2. The van der Waals surface area contributed by atoms with E-state index in [9.17, 15) is 9.59 Å². The molecular weight excluding hydrogens is 324 g/mol. The van der Waals surface area contributed by atoms with Crippen molar-refractivity contribution in [2.24, 2.45) is 4.99 Å². The quantitative estimate of drug-likeness (QED) is 0.872. The smallest absolute Gasteiger partial charge is 0.345 e. The minimum absolute atomic E-state index is 0.106. The normalized spacial score (nSPS) is 16.2. The van der Waals surface area contributed by atoms with E-state index in [2.05, 4.69) is 20.7 Å². The van der Waals surface area contributed by atoms with Crippen molar-refractivity contribution in [1.29, 1.82) is 0 Å². The van der Waals surface area contributed by atoms with Gasteiger partial charge >= 0.3 is 12.1 Å². The lowest BCUT2D eigenvalue weighted by molar-refractivity contribution is -0.113. The van der Waals surface area contributed by atoms with Gasteiger partial charge in [-0.2, -0.15) is 5.10 Å². The molecule has 0 radical (unpaired) electrons. The van der Waals surface area contributed by atoms with E-state index < -0.39 is 6.03 Å². The SMILES string of the molecule is O=C1N=C2OC=C(C(=O)Nc3ccc(-n4cccn4)cc3)N2CCN1. The second kappa shape index (κ2) is 6.11. The van der Waals surface area contributed by atoms with Crippen LogP contribution in [0.15, 0.2) is 59.7 Å². The molecule has 9 heteroatoms. The fourth-order valence-corrected chi connectivity index (χ4v) is 2.53. The number of aromatic nitrogens is 2. The Morgan fingerprint density at radius 2 is 2.12 bits per heavy atom. The van der Waals surface area contributed by atoms with Gasteiger partial charge in [-0.3, -0.25) is 9.69 Å². The first-order valence-corrected chi connectivity index (χ1v) is 7.63. The molecule has 3 heterocycles. The Bertz CT molecular complexity index is 870. The first-order chi connectivity index (χ1) is 12.2. The van der Waals surface area contributed by atoms with Crippen molar-refractivity contribution in [3.63, 3.8) is 0 Å². The zero-order valence-corrected chi connectivity index (χ0v) is 13.0.